The van der Waals surface area contributed by atoms with Crippen molar-refractivity contribution in [3.63, 3.8) is 0 Å². The Morgan fingerprint density at radius 2 is 1.72 bits per heavy atom. The molecule has 0 radical (unpaired) electrons. The lowest BCUT2D eigenvalue weighted by atomic mass is 9.95. The van der Waals surface area contributed by atoms with E-state index in [0.717, 1.165) is 10.5 Å². The molecule has 1 aliphatic heterocycles. The van der Waals surface area contributed by atoms with Gasteiger partial charge in [-0.2, -0.15) is 0 Å². The predicted molar refractivity (Wildman–Crippen MR) is 111 cm³/mol. The molecule has 1 aliphatic rings. The molecule has 0 aliphatic carbocycles. The van der Waals surface area contributed by atoms with Gasteiger partial charge < -0.3 is 19.6 Å². The van der Waals surface area contributed by atoms with Crippen molar-refractivity contribution < 1.29 is 24.3 Å². The zero-order chi connectivity index (χ0) is 21.1. The maximum atomic E-state index is 12.9. The van der Waals surface area contributed by atoms with E-state index < -0.39 is 17.7 Å². The van der Waals surface area contributed by atoms with Gasteiger partial charge >= 0.3 is 0 Å². The first-order valence-corrected chi connectivity index (χ1v) is 9.68. The number of methoxy groups -OCH3 is 1. The molecule has 2 aromatic carbocycles. The Labute approximate surface area is 174 Å². The van der Waals surface area contributed by atoms with Crippen molar-refractivity contribution in [1.82, 2.24) is 4.90 Å². The van der Waals surface area contributed by atoms with Crippen LogP contribution in [0.3, 0.4) is 0 Å². The van der Waals surface area contributed by atoms with Gasteiger partial charge in [-0.05, 0) is 42.0 Å². The quantitative estimate of drug-likeness (QED) is 0.429. The van der Waals surface area contributed by atoms with Crippen LogP contribution < -0.4 is 9.64 Å². The van der Waals surface area contributed by atoms with Crippen molar-refractivity contribution in [2.75, 3.05) is 34.3 Å². The summed E-state index contributed by atoms with van der Waals surface area (Å²) in [6.07, 6.45) is 0. The number of rotatable bonds is 6. The lowest BCUT2D eigenvalue weighted by Gasteiger charge is -2.25. The van der Waals surface area contributed by atoms with Crippen LogP contribution >= 0.6 is 11.6 Å². The number of aliphatic hydroxyl groups excluding tert-OH is 1. The van der Waals surface area contributed by atoms with Crippen molar-refractivity contribution in [2.45, 2.75) is 6.04 Å². The lowest BCUT2D eigenvalue weighted by molar-refractivity contribution is -0.857. The summed E-state index contributed by atoms with van der Waals surface area (Å²) in [5.41, 5.74) is 1.25. The first-order chi connectivity index (χ1) is 13.8. The minimum atomic E-state index is -0.688. The van der Waals surface area contributed by atoms with Crippen molar-refractivity contribution >= 4 is 29.1 Å². The number of hydrogen-bond acceptors (Lipinski definition) is 4. The van der Waals surface area contributed by atoms with Crippen molar-refractivity contribution in [2.24, 2.45) is 0 Å². The van der Waals surface area contributed by atoms with Crippen LogP contribution in [-0.4, -0.2) is 56.0 Å². The summed E-state index contributed by atoms with van der Waals surface area (Å²) in [5, 5.41) is 11.5. The van der Waals surface area contributed by atoms with E-state index in [2.05, 4.69) is 0 Å². The number of halogens is 1. The van der Waals surface area contributed by atoms with Gasteiger partial charge in [0.1, 0.15) is 11.5 Å². The number of carbonyl (C=O) groups is 2. The number of ketones is 1. The highest BCUT2D eigenvalue weighted by Crippen LogP contribution is 2.39. The molecule has 6 nitrogen and oxygen atoms in total. The fourth-order valence-corrected chi connectivity index (χ4v) is 3.48. The maximum absolute atomic E-state index is 12.9. The van der Waals surface area contributed by atoms with Gasteiger partial charge in [0, 0.05) is 10.6 Å². The minimum absolute atomic E-state index is 0.0799. The van der Waals surface area contributed by atoms with Crippen molar-refractivity contribution in [3.8, 4) is 5.75 Å². The highest BCUT2D eigenvalue weighted by Gasteiger charge is 2.46. The zero-order valence-electron chi connectivity index (χ0n) is 16.6. The molecule has 0 saturated carbocycles. The number of amides is 1. The van der Waals surface area contributed by atoms with Crippen LogP contribution in [0.5, 0.6) is 5.75 Å². The van der Waals surface area contributed by atoms with Gasteiger partial charge in [-0.25, -0.2) is 0 Å². The molecular formula is C22H24ClN2O4+. The normalized spacial score (nSPS) is 18.5. The molecule has 0 bridgehead atoms. The Balaban J connectivity index is 2.12. The summed E-state index contributed by atoms with van der Waals surface area (Å²) < 4.78 is 5.21. The highest BCUT2D eigenvalue weighted by molar-refractivity contribution is 6.46. The molecule has 1 saturated heterocycles. The number of likely N-dealkylation sites (tertiary alicyclic amines) is 1. The zero-order valence-corrected chi connectivity index (χ0v) is 17.4. The molecule has 7 heteroatoms. The molecule has 1 amide bonds. The highest BCUT2D eigenvalue weighted by atomic mass is 35.5. The summed E-state index contributed by atoms with van der Waals surface area (Å²) in [5.74, 6) is -0.837. The average molecular weight is 416 g/mol. The molecule has 2 aromatic rings. The lowest BCUT2D eigenvalue weighted by Crippen LogP contribution is -3.06. The molecule has 29 heavy (non-hydrogen) atoms. The van der Waals surface area contributed by atoms with Crippen LogP contribution in [0.4, 0.5) is 0 Å². The number of aliphatic hydroxyl groups is 1. The Kier molecular flexibility index (Phi) is 6.25. The van der Waals surface area contributed by atoms with Gasteiger partial charge in [0.2, 0.25) is 0 Å². The Bertz CT molecular complexity index is 936. The SMILES string of the molecule is COc1ccc([C@@H]2C(=C(O)c3ccc(Cl)cc3)C(=O)C(=O)N2CC[NH+](C)C)cc1. The third-order valence-corrected chi connectivity index (χ3v) is 5.19. The van der Waals surface area contributed by atoms with E-state index in [1.54, 1.807) is 55.6 Å². The monoisotopic (exact) mass is 415 g/mol. The number of carbonyl (C=O) groups excluding carboxylic acids is 2. The second kappa shape index (κ2) is 8.68. The molecule has 0 aromatic heterocycles. The largest absolute Gasteiger partial charge is 0.507 e. The third kappa shape index (κ3) is 4.28. The molecule has 152 valence electrons. The molecule has 0 spiro atoms. The van der Waals surface area contributed by atoms with Gasteiger partial charge in [0.25, 0.3) is 11.7 Å². The summed E-state index contributed by atoms with van der Waals surface area (Å²) in [6.45, 7) is 1.06. The minimum Gasteiger partial charge on any atom is -0.507 e. The molecule has 1 fully saturated rings. The summed E-state index contributed by atoms with van der Waals surface area (Å²) >= 11 is 5.93. The van der Waals surface area contributed by atoms with Gasteiger partial charge in [-0.1, -0.05) is 23.7 Å². The topological polar surface area (TPSA) is 71.3 Å². The first kappa shape index (κ1) is 20.9. The number of quaternary nitrogens is 1. The van der Waals surface area contributed by atoms with Crippen LogP contribution in [-0.2, 0) is 9.59 Å². The maximum Gasteiger partial charge on any atom is 0.295 e. The van der Waals surface area contributed by atoms with Crippen LogP contribution in [0.2, 0.25) is 5.02 Å². The molecule has 1 atom stereocenters. The Hall–Kier alpha value is -2.83. The molecular weight excluding hydrogens is 392 g/mol. The predicted octanol–water partition coefficient (Wildman–Crippen LogP) is 1.91. The molecule has 1 heterocycles. The second-order valence-electron chi connectivity index (χ2n) is 7.23. The number of nitrogens with zero attached hydrogens (tertiary/aromatic N) is 1. The summed E-state index contributed by atoms with van der Waals surface area (Å²) in [7, 11) is 5.53. The van der Waals surface area contributed by atoms with Crippen molar-refractivity contribution in [3.05, 3.63) is 70.3 Å². The van der Waals surface area contributed by atoms with E-state index in [9.17, 15) is 14.7 Å². The van der Waals surface area contributed by atoms with Gasteiger partial charge in [0.15, 0.2) is 0 Å². The fourth-order valence-electron chi connectivity index (χ4n) is 3.35. The molecule has 2 N–H and O–H groups in total. The van der Waals surface area contributed by atoms with E-state index in [1.807, 2.05) is 14.1 Å². The number of likely N-dealkylation sites (N-methyl/N-ethyl adjacent to an activating group) is 1. The van der Waals surface area contributed by atoms with Gasteiger partial charge in [-0.3, -0.25) is 9.59 Å². The van der Waals surface area contributed by atoms with Gasteiger partial charge in [-0.15, -0.1) is 0 Å². The van der Waals surface area contributed by atoms with Crippen LogP contribution in [0.15, 0.2) is 54.1 Å². The standard InChI is InChI=1S/C22H23ClN2O4/c1-24(2)12-13-25-19(14-6-10-17(29-3)11-7-14)18(21(27)22(25)28)20(26)15-4-8-16(23)9-5-15/h4-11,19,26H,12-13H2,1-3H3/p+1/t19-/m1/s1. The Morgan fingerprint density at radius 1 is 1.10 bits per heavy atom. The molecule has 0 unspecified atom stereocenters. The van der Waals surface area contributed by atoms with E-state index in [-0.39, 0.29) is 11.3 Å². The van der Waals surface area contributed by atoms with E-state index in [1.165, 1.54) is 4.90 Å². The van der Waals surface area contributed by atoms with E-state index in [0.29, 0.717) is 29.4 Å². The van der Waals surface area contributed by atoms with Crippen LogP contribution in [0, 0.1) is 0 Å². The number of benzene rings is 2. The number of Topliss-reactive ketones (excluding diaryl/α,β-unsaturated/α-hetero) is 1. The van der Waals surface area contributed by atoms with E-state index >= 15 is 0 Å². The average Bonchev–Trinajstić information content (AvgIpc) is 2.97. The van der Waals surface area contributed by atoms with E-state index in [4.69, 9.17) is 16.3 Å². The number of nitrogens with one attached hydrogen (secondary N) is 1. The van der Waals surface area contributed by atoms with Crippen molar-refractivity contribution in [1.29, 1.82) is 0 Å². The Morgan fingerprint density at radius 3 is 2.28 bits per heavy atom. The smallest absolute Gasteiger partial charge is 0.295 e. The number of ether oxygens (including phenoxy) is 1. The van der Waals surface area contributed by atoms with Crippen LogP contribution in [0.1, 0.15) is 17.2 Å². The summed E-state index contributed by atoms with van der Waals surface area (Å²) in [4.78, 5) is 28.4. The summed E-state index contributed by atoms with van der Waals surface area (Å²) in [6, 6.07) is 13.0. The number of hydrogen-bond donors (Lipinski definition) is 2. The third-order valence-electron chi connectivity index (χ3n) is 4.94. The van der Waals surface area contributed by atoms with Crippen LogP contribution in [0.25, 0.3) is 5.76 Å². The first-order valence-electron chi connectivity index (χ1n) is 9.30. The fraction of sp³-hybridized carbons (Fsp3) is 0.273. The molecule has 3 rings (SSSR count). The second-order valence-corrected chi connectivity index (χ2v) is 7.67. The van der Waals surface area contributed by atoms with Gasteiger partial charge in [0.05, 0.1) is 45.9 Å².